The van der Waals surface area contributed by atoms with Crippen molar-refractivity contribution in [2.24, 2.45) is 0 Å². The molecule has 1 aliphatic heterocycles. The molecule has 9 N–H and O–H groups in total. The van der Waals surface area contributed by atoms with Crippen LogP contribution in [0.25, 0.3) is 0 Å². The van der Waals surface area contributed by atoms with Crippen LogP contribution < -0.4 is 0 Å². The lowest BCUT2D eigenvalue weighted by Crippen LogP contribution is -2.67. The Balaban J connectivity index is 1.93. The molecule has 0 aromatic heterocycles. The third kappa shape index (κ3) is 25.9. The highest BCUT2D eigenvalue weighted by atomic mass is 31.2. The van der Waals surface area contributed by atoms with E-state index in [1.807, 2.05) is 0 Å². The summed E-state index contributed by atoms with van der Waals surface area (Å²) in [5.41, 5.74) is 0. The topological polar surface area (TPSA) is 289 Å². The molecule has 1 saturated carbocycles. The lowest BCUT2D eigenvalue weighted by molar-refractivity contribution is -0.338. The zero-order chi connectivity index (χ0) is 50.2. The summed E-state index contributed by atoms with van der Waals surface area (Å²) < 4.78 is 45.5. The standard InChI is InChI=1S/C49H93O18P/c1-3-5-7-9-11-13-15-17-18-20-22-24-26-28-30-32-39(52)64-36(34-62-38(51)31-29-27-25-23-21-19-16-14-12-10-8-6-4-2)35-63-68(60,61)67-48-45(58)43(56)42(55)44(57)47(48)66-49-46(59)41(54)40(53)37(33-50)65-49/h36-37,40-50,53-59H,3-35H2,1-2H3,(H,60,61)/t36-,37?,40-,41?,42-,43?,44?,45?,46-,47-,48-,49-/m1/s1. The van der Waals surface area contributed by atoms with Crippen molar-refractivity contribution in [3.8, 4) is 0 Å². The van der Waals surface area contributed by atoms with Crippen molar-refractivity contribution in [2.75, 3.05) is 19.8 Å². The van der Waals surface area contributed by atoms with E-state index in [0.29, 0.717) is 12.8 Å². The van der Waals surface area contributed by atoms with Gasteiger partial charge in [-0.1, -0.05) is 181 Å². The molecule has 1 heterocycles. The number of aliphatic hydroxyl groups excluding tert-OH is 8. The summed E-state index contributed by atoms with van der Waals surface area (Å²) in [5, 5.41) is 83.0. The molecule has 13 atom stereocenters. The second kappa shape index (κ2) is 37.4. The zero-order valence-electron chi connectivity index (χ0n) is 41.4. The lowest BCUT2D eigenvalue weighted by Gasteiger charge is -2.47. The van der Waals surface area contributed by atoms with E-state index in [9.17, 15) is 59.9 Å². The molecule has 1 saturated heterocycles. The van der Waals surface area contributed by atoms with Gasteiger partial charge in [0.15, 0.2) is 12.4 Å². The average molecular weight is 1000 g/mol. The fourth-order valence-electron chi connectivity index (χ4n) is 8.70. The number of unbranched alkanes of at least 4 members (excludes halogenated alkanes) is 26. The lowest BCUT2D eigenvalue weighted by atomic mass is 9.84. The molecule has 18 nitrogen and oxygen atoms in total. The second-order valence-electron chi connectivity index (χ2n) is 19.1. The predicted octanol–water partition coefficient (Wildman–Crippen LogP) is 6.33. The third-order valence-corrected chi connectivity index (χ3v) is 14.0. The van der Waals surface area contributed by atoms with Crippen LogP contribution >= 0.6 is 7.82 Å². The van der Waals surface area contributed by atoms with Crippen LogP contribution in [-0.4, -0.2) is 151 Å². The smallest absolute Gasteiger partial charge is 0.462 e. The highest BCUT2D eigenvalue weighted by molar-refractivity contribution is 7.47. The van der Waals surface area contributed by atoms with Gasteiger partial charge in [0, 0.05) is 12.8 Å². The van der Waals surface area contributed by atoms with E-state index >= 15 is 0 Å². The molecular formula is C49H93O18P. The van der Waals surface area contributed by atoms with Gasteiger partial charge in [-0.25, -0.2) is 4.57 Å². The van der Waals surface area contributed by atoms with E-state index < -0.39 is 113 Å². The maximum absolute atomic E-state index is 13.4. The minimum absolute atomic E-state index is 0.0400. The molecule has 19 heteroatoms. The van der Waals surface area contributed by atoms with Gasteiger partial charge in [-0.3, -0.25) is 18.6 Å². The summed E-state index contributed by atoms with van der Waals surface area (Å²) in [6.45, 7) is 2.25. The van der Waals surface area contributed by atoms with Crippen molar-refractivity contribution in [3.05, 3.63) is 0 Å². The van der Waals surface area contributed by atoms with E-state index in [0.717, 1.165) is 51.4 Å². The number of carbonyl (C=O) groups is 2. The van der Waals surface area contributed by atoms with E-state index in [-0.39, 0.29) is 12.8 Å². The van der Waals surface area contributed by atoms with Crippen LogP contribution in [0.4, 0.5) is 0 Å². The molecule has 2 fully saturated rings. The first kappa shape index (κ1) is 62.8. The number of hydrogen-bond acceptors (Lipinski definition) is 17. The Bertz CT molecular complexity index is 1330. The molecule has 68 heavy (non-hydrogen) atoms. The molecule has 1 aliphatic carbocycles. The first-order chi connectivity index (χ1) is 32.7. The normalized spacial score (nSPS) is 27.7. The molecule has 0 radical (unpaired) electrons. The molecule has 2 rings (SSSR count). The molecule has 0 bridgehead atoms. The Hall–Kier alpha value is -1.35. The highest BCUT2D eigenvalue weighted by Crippen LogP contribution is 2.48. The van der Waals surface area contributed by atoms with Crippen molar-refractivity contribution in [3.63, 3.8) is 0 Å². The van der Waals surface area contributed by atoms with Gasteiger partial charge < -0.3 is 64.7 Å². The quantitative estimate of drug-likeness (QED) is 0.0184. The average Bonchev–Trinajstić information content (AvgIpc) is 3.32. The monoisotopic (exact) mass is 1000 g/mol. The molecule has 0 aromatic carbocycles. The van der Waals surface area contributed by atoms with Gasteiger partial charge >= 0.3 is 19.8 Å². The minimum Gasteiger partial charge on any atom is -0.462 e. The number of carbonyl (C=O) groups excluding carboxylic acids is 2. The van der Waals surface area contributed by atoms with Gasteiger partial charge in [-0.15, -0.1) is 0 Å². The minimum atomic E-state index is -5.37. The fourth-order valence-corrected chi connectivity index (χ4v) is 9.67. The number of ether oxygens (including phenoxy) is 4. The zero-order valence-corrected chi connectivity index (χ0v) is 42.3. The first-order valence-electron chi connectivity index (χ1n) is 26.4. The van der Waals surface area contributed by atoms with Crippen molar-refractivity contribution in [1.29, 1.82) is 0 Å². The van der Waals surface area contributed by atoms with E-state index in [1.165, 1.54) is 116 Å². The molecular weight excluding hydrogens is 907 g/mol. The second-order valence-corrected chi connectivity index (χ2v) is 20.5. The van der Waals surface area contributed by atoms with Crippen molar-refractivity contribution in [1.82, 2.24) is 0 Å². The van der Waals surface area contributed by atoms with E-state index in [2.05, 4.69) is 13.8 Å². The number of aliphatic hydroxyl groups is 8. The fraction of sp³-hybridized carbons (Fsp3) is 0.959. The maximum atomic E-state index is 13.4. The van der Waals surface area contributed by atoms with Gasteiger partial charge in [-0.05, 0) is 12.8 Å². The number of phosphoric ester groups is 1. The number of phosphoric acid groups is 1. The van der Waals surface area contributed by atoms with Gasteiger partial charge in [0.1, 0.15) is 67.6 Å². The van der Waals surface area contributed by atoms with Crippen LogP contribution in [0.2, 0.25) is 0 Å². The predicted molar refractivity (Wildman–Crippen MR) is 254 cm³/mol. The molecule has 6 unspecified atom stereocenters. The number of esters is 2. The van der Waals surface area contributed by atoms with Crippen LogP contribution in [0.5, 0.6) is 0 Å². The summed E-state index contributed by atoms with van der Waals surface area (Å²) in [6.07, 6.45) is 8.93. The van der Waals surface area contributed by atoms with Crippen LogP contribution in [-0.2, 0) is 42.1 Å². The molecule has 2 aliphatic rings. The first-order valence-corrected chi connectivity index (χ1v) is 27.9. The summed E-state index contributed by atoms with van der Waals surface area (Å²) >= 11 is 0. The van der Waals surface area contributed by atoms with Gasteiger partial charge in [0.25, 0.3) is 0 Å². The summed E-state index contributed by atoms with van der Waals surface area (Å²) in [5.74, 6) is -1.20. The number of hydrogen-bond donors (Lipinski definition) is 9. The Morgan fingerprint density at radius 2 is 0.882 bits per heavy atom. The van der Waals surface area contributed by atoms with Crippen LogP contribution in [0.3, 0.4) is 0 Å². The third-order valence-electron chi connectivity index (χ3n) is 13.1. The van der Waals surface area contributed by atoms with Crippen molar-refractivity contribution in [2.45, 2.75) is 280 Å². The molecule has 0 spiro atoms. The van der Waals surface area contributed by atoms with Gasteiger partial charge in [-0.2, -0.15) is 0 Å². The Morgan fingerprint density at radius 1 is 0.500 bits per heavy atom. The summed E-state index contributed by atoms with van der Waals surface area (Å²) in [4.78, 5) is 36.6. The summed E-state index contributed by atoms with van der Waals surface area (Å²) in [6, 6.07) is 0. The SMILES string of the molecule is CCCCCCCCCCCCCCCCCC(=O)O[C@H](COC(=O)CCCCCCCCCCCCCCC)COP(=O)(O)O[C@@H]1C(O)C(O)[C@@H](O)C(O)[C@H]1O[C@H]1OC(CO)[C@@H](O)C(O)[C@H]1O. The Kier molecular flexibility index (Phi) is 34.5. The van der Waals surface area contributed by atoms with E-state index in [4.69, 9.17) is 28.0 Å². The molecule has 402 valence electrons. The summed E-state index contributed by atoms with van der Waals surface area (Å²) in [7, 11) is -5.37. The van der Waals surface area contributed by atoms with Gasteiger partial charge in [0.2, 0.25) is 0 Å². The molecule has 0 aromatic rings. The maximum Gasteiger partial charge on any atom is 0.472 e. The van der Waals surface area contributed by atoms with Crippen LogP contribution in [0.15, 0.2) is 0 Å². The largest absolute Gasteiger partial charge is 0.472 e. The Labute approximate surface area is 406 Å². The highest BCUT2D eigenvalue weighted by Gasteiger charge is 2.55. The van der Waals surface area contributed by atoms with Gasteiger partial charge in [0.05, 0.1) is 13.2 Å². The molecule has 0 amide bonds. The Morgan fingerprint density at radius 3 is 1.31 bits per heavy atom. The van der Waals surface area contributed by atoms with E-state index in [1.54, 1.807) is 0 Å². The number of rotatable bonds is 41. The van der Waals surface area contributed by atoms with Crippen molar-refractivity contribution < 1.29 is 87.9 Å². The van der Waals surface area contributed by atoms with Crippen LogP contribution in [0, 0.1) is 0 Å². The van der Waals surface area contributed by atoms with Crippen LogP contribution in [0.1, 0.15) is 206 Å². The van der Waals surface area contributed by atoms with Crippen molar-refractivity contribution >= 4 is 19.8 Å².